The lowest BCUT2D eigenvalue weighted by Crippen LogP contribution is -2.37. The normalized spacial score (nSPS) is 15.3. The van der Waals surface area contributed by atoms with Crippen molar-refractivity contribution in [3.05, 3.63) is 29.3 Å². The third-order valence-electron chi connectivity index (χ3n) is 3.89. The van der Waals surface area contributed by atoms with E-state index in [2.05, 4.69) is 24.3 Å². The lowest BCUT2D eigenvalue weighted by Gasteiger charge is -2.15. The number of hydrogen-bond donors (Lipinski definition) is 2. The van der Waals surface area contributed by atoms with Crippen molar-refractivity contribution in [3.8, 4) is 5.75 Å². The summed E-state index contributed by atoms with van der Waals surface area (Å²) >= 11 is 0. The summed E-state index contributed by atoms with van der Waals surface area (Å²) in [4.78, 5) is 11.9. The van der Waals surface area contributed by atoms with Crippen LogP contribution in [0, 0.1) is 0 Å². The Labute approximate surface area is 125 Å². The number of amides is 1. The van der Waals surface area contributed by atoms with E-state index in [4.69, 9.17) is 9.94 Å². The van der Waals surface area contributed by atoms with Gasteiger partial charge in [-0.25, -0.2) is 0 Å². The number of rotatable bonds is 6. The van der Waals surface area contributed by atoms with Crippen molar-refractivity contribution in [2.45, 2.75) is 45.6 Å². The lowest BCUT2D eigenvalue weighted by molar-refractivity contribution is -0.123. The monoisotopic (exact) mass is 290 g/mol. The Hall–Kier alpha value is -2.04. The summed E-state index contributed by atoms with van der Waals surface area (Å²) < 4.78 is 5.64. The summed E-state index contributed by atoms with van der Waals surface area (Å²) in [5, 5.41) is 15.2. The van der Waals surface area contributed by atoms with Crippen LogP contribution in [-0.4, -0.2) is 29.5 Å². The number of fused-ring (bicyclic) bond motifs is 1. The number of nitrogens with zero attached hydrogens (tertiary/aromatic N) is 1. The van der Waals surface area contributed by atoms with Gasteiger partial charge in [0.15, 0.2) is 6.61 Å². The topological polar surface area (TPSA) is 70.9 Å². The molecule has 1 aromatic rings. The molecule has 0 fully saturated rings. The average Bonchev–Trinajstić information content (AvgIpc) is 2.94. The lowest BCUT2D eigenvalue weighted by atomic mass is 10.1. The van der Waals surface area contributed by atoms with E-state index in [1.165, 1.54) is 0 Å². The second-order valence-corrected chi connectivity index (χ2v) is 5.20. The zero-order valence-corrected chi connectivity index (χ0v) is 12.6. The Balaban J connectivity index is 1.99. The van der Waals surface area contributed by atoms with E-state index in [0.29, 0.717) is 17.9 Å². The molecule has 114 valence electrons. The van der Waals surface area contributed by atoms with Gasteiger partial charge in [0.1, 0.15) is 5.75 Å². The van der Waals surface area contributed by atoms with Gasteiger partial charge < -0.3 is 15.3 Å². The fourth-order valence-corrected chi connectivity index (χ4v) is 2.62. The molecule has 0 aromatic heterocycles. The molecule has 0 saturated carbocycles. The molecule has 0 heterocycles. The molecule has 0 bridgehead atoms. The smallest absolute Gasteiger partial charge is 0.258 e. The molecular formula is C16H22N2O3. The minimum absolute atomic E-state index is 0.0125. The first kappa shape index (κ1) is 15.4. The summed E-state index contributed by atoms with van der Waals surface area (Å²) in [6, 6.07) is 5.82. The Morgan fingerprint density at radius 3 is 2.81 bits per heavy atom. The molecule has 0 radical (unpaired) electrons. The van der Waals surface area contributed by atoms with Gasteiger partial charge in [-0.05, 0) is 31.7 Å². The zero-order chi connectivity index (χ0) is 15.2. The van der Waals surface area contributed by atoms with E-state index in [1.54, 1.807) is 0 Å². The minimum Gasteiger partial charge on any atom is -0.483 e. The zero-order valence-electron chi connectivity index (χ0n) is 12.6. The van der Waals surface area contributed by atoms with Crippen LogP contribution in [0.1, 0.15) is 44.2 Å². The number of benzene rings is 1. The highest BCUT2D eigenvalue weighted by Gasteiger charge is 2.22. The van der Waals surface area contributed by atoms with Gasteiger partial charge in [0.2, 0.25) is 0 Å². The molecular weight excluding hydrogens is 268 g/mol. The Kier molecular flexibility index (Phi) is 5.20. The molecule has 0 spiro atoms. The number of carbonyl (C=O) groups is 1. The fraction of sp³-hybridized carbons (Fsp3) is 0.500. The van der Waals surface area contributed by atoms with E-state index in [1.807, 2.05) is 18.2 Å². The predicted molar refractivity (Wildman–Crippen MR) is 81.1 cm³/mol. The van der Waals surface area contributed by atoms with Gasteiger partial charge in [-0.1, -0.05) is 31.1 Å². The Morgan fingerprint density at radius 2 is 2.14 bits per heavy atom. The van der Waals surface area contributed by atoms with E-state index in [0.717, 1.165) is 30.4 Å². The van der Waals surface area contributed by atoms with E-state index in [9.17, 15) is 4.79 Å². The van der Waals surface area contributed by atoms with Gasteiger partial charge in [-0.3, -0.25) is 4.79 Å². The third kappa shape index (κ3) is 3.54. The quantitative estimate of drug-likeness (QED) is 0.624. The molecule has 5 nitrogen and oxygen atoms in total. The molecule has 0 aliphatic heterocycles. The molecule has 1 aromatic carbocycles. The molecule has 1 aliphatic carbocycles. The van der Waals surface area contributed by atoms with Crippen LogP contribution in [0.2, 0.25) is 0 Å². The van der Waals surface area contributed by atoms with Gasteiger partial charge in [0, 0.05) is 17.2 Å². The van der Waals surface area contributed by atoms with Crippen molar-refractivity contribution in [2.75, 3.05) is 6.61 Å². The average molecular weight is 290 g/mol. The highest BCUT2D eigenvalue weighted by atomic mass is 16.5. The second-order valence-electron chi connectivity index (χ2n) is 5.20. The number of carbonyl (C=O) groups excluding carboxylic acids is 1. The van der Waals surface area contributed by atoms with Gasteiger partial charge in [-0.15, -0.1) is 0 Å². The van der Waals surface area contributed by atoms with Crippen molar-refractivity contribution in [2.24, 2.45) is 5.16 Å². The highest BCUT2D eigenvalue weighted by Crippen LogP contribution is 2.30. The fourth-order valence-electron chi connectivity index (χ4n) is 2.62. The predicted octanol–water partition coefficient (Wildman–Crippen LogP) is 2.49. The van der Waals surface area contributed by atoms with Crippen molar-refractivity contribution in [1.29, 1.82) is 0 Å². The number of ether oxygens (including phenoxy) is 1. The Bertz CT molecular complexity index is 536. The van der Waals surface area contributed by atoms with Crippen LogP contribution in [-0.2, 0) is 11.2 Å². The van der Waals surface area contributed by atoms with Crippen LogP contribution in [0.4, 0.5) is 0 Å². The first-order valence-electron chi connectivity index (χ1n) is 7.44. The van der Waals surface area contributed by atoms with Gasteiger partial charge in [-0.2, -0.15) is 0 Å². The molecule has 0 saturated heterocycles. The molecule has 1 amide bonds. The minimum atomic E-state index is -0.102. The highest BCUT2D eigenvalue weighted by molar-refractivity contribution is 6.04. The van der Waals surface area contributed by atoms with E-state index in [-0.39, 0.29) is 18.6 Å². The summed E-state index contributed by atoms with van der Waals surface area (Å²) in [5.74, 6) is 0.598. The second kappa shape index (κ2) is 7.11. The largest absolute Gasteiger partial charge is 0.483 e. The SMILES string of the molecule is CCC(CC)NC(=O)COc1cccc2c1CCC2=NO. The van der Waals surface area contributed by atoms with Crippen LogP contribution in [0.25, 0.3) is 0 Å². The Morgan fingerprint density at radius 1 is 1.38 bits per heavy atom. The van der Waals surface area contributed by atoms with Gasteiger partial charge >= 0.3 is 0 Å². The number of oxime groups is 1. The summed E-state index contributed by atoms with van der Waals surface area (Å²) in [5.41, 5.74) is 2.60. The molecule has 0 unspecified atom stereocenters. The molecule has 0 atom stereocenters. The van der Waals surface area contributed by atoms with Crippen molar-refractivity contribution < 1.29 is 14.7 Å². The molecule has 21 heavy (non-hydrogen) atoms. The van der Waals surface area contributed by atoms with E-state index >= 15 is 0 Å². The number of nitrogens with one attached hydrogen (secondary N) is 1. The third-order valence-corrected chi connectivity index (χ3v) is 3.89. The maximum Gasteiger partial charge on any atom is 0.258 e. The van der Waals surface area contributed by atoms with Gasteiger partial charge in [0.05, 0.1) is 5.71 Å². The summed E-state index contributed by atoms with van der Waals surface area (Å²) in [7, 11) is 0. The molecule has 2 rings (SSSR count). The van der Waals surface area contributed by atoms with Crippen LogP contribution >= 0.6 is 0 Å². The van der Waals surface area contributed by atoms with Crippen molar-refractivity contribution >= 4 is 11.6 Å². The van der Waals surface area contributed by atoms with Crippen LogP contribution in [0.5, 0.6) is 5.75 Å². The van der Waals surface area contributed by atoms with Crippen molar-refractivity contribution in [1.82, 2.24) is 5.32 Å². The summed E-state index contributed by atoms with van der Waals surface area (Å²) in [6.45, 7) is 4.11. The first-order chi connectivity index (χ1) is 10.2. The first-order valence-corrected chi connectivity index (χ1v) is 7.44. The van der Waals surface area contributed by atoms with E-state index < -0.39 is 0 Å². The maximum atomic E-state index is 11.9. The van der Waals surface area contributed by atoms with Crippen molar-refractivity contribution in [3.63, 3.8) is 0 Å². The maximum absolute atomic E-state index is 11.9. The number of hydrogen-bond acceptors (Lipinski definition) is 4. The molecule has 5 heteroatoms. The van der Waals surface area contributed by atoms with Crippen LogP contribution < -0.4 is 10.1 Å². The molecule has 2 N–H and O–H groups in total. The van der Waals surface area contributed by atoms with Crippen LogP contribution in [0.15, 0.2) is 23.4 Å². The summed E-state index contributed by atoms with van der Waals surface area (Å²) in [6.07, 6.45) is 3.31. The molecule has 1 aliphatic rings. The standard InChI is InChI=1S/C16H22N2O3/c1-3-11(4-2)17-16(19)10-21-15-7-5-6-12-13(15)8-9-14(12)18-20/h5-7,11,20H,3-4,8-10H2,1-2H3,(H,17,19). The van der Waals surface area contributed by atoms with Crippen LogP contribution in [0.3, 0.4) is 0 Å². The van der Waals surface area contributed by atoms with Gasteiger partial charge in [0.25, 0.3) is 5.91 Å².